The zero-order valence-electron chi connectivity index (χ0n) is 11.5. The molecule has 1 N–H and O–H groups in total. The van der Waals surface area contributed by atoms with Gasteiger partial charge < -0.3 is 5.32 Å². The van der Waals surface area contributed by atoms with Crippen LogP contribution in [-0.4, -0.2) is 6.54 Å². The van der Waals surface area contributed by atoms with Crippen molar-refractivity contribution in [2.75, 3.05) is 6.54 Å². The van der Waals surface area contributed by atoms with Crippen molar-refractivity contribution in [1.82, 2.24) is 5.32 Å². The molecule has 0 aliphatic rings. The van der Waals surface area contributed by atoms with E-state index in [-0.39, 0.29) is 10.6 Å². The zero-order chi connectivity index (χ0) is 15.4. The highest BCUT2D eigenvalue weighted by atomic mass is 35.5. The van der Waals surface area contributed by atoms with Crippen molar-refractivity contribution in [3.8, 4) is 0 Å². The summed E-state index contributed by atoms with van der Waals surface area (Å²) < 4.78 is 41.1. The van der Waals surface area contributed by atoms with E-state index in [1.54, 1.807) is 6.07 Å². The van der Waals surface area contributed by atoms with Gasteiger partial charge in [-0.05, 0) is 42.8 Å². The molecule has 0 spiro atoms. The highest BCUT2D eigenvalue weighted by Gasteiger charge is 2.20. The first kappa shape index (κ1) is 15.9. The van der Waals surface area contributed by atoms with Gasteiger partial charge in [0.25, 0.3) is 0 Å². The molecule has 0 radical (unpaired) electrons. The van der Waals surface area contributed by atoms with E-state index in [9.17, 15) is 13.2 Å². The van der Waals surface area contributed by atoms with Crippen molar-refractivity contribution in [3.63, 3.8) is 0 Å². The van der Waals surface area contributed by atoms with Gasteiger partial charge in [-0.15, -0.1) is 0 Å². The number of halogens is 4. The summed E-state index contributed by atoms with van der Waals surface area (Å²) in [5.41, 5.74) is 0.639. The molecule has 0 amide bonds. The normalized spacial score (nSPS) is 12.4. The molecular weight excluding hydrogens is 299 g/mol. The minimum absolute atomic E-state index is 0.107. The van der Waals surface area contributed by atoms with Gasteiger partial charge in [0.1, 0.15) is 17.5 Å². The third kappa shape index (κ3) is 3.77. The lowest BCUT2D eigenvalue weighted by Gasteiger charge is -2.20. The van der Waals surface area contributed by atoms with Crippen LogP contribution in [0.2, 0.25) is 5.02 Å². The lowest BCUT2D eigenvalue weighted by atomic mass is 9.97. The Kier molecular flexibility index (Phi) is 5.26. The van der Waals surface area contributed by atoms with Gasteiger partial charge in [0, 0.05) is 5.56 Å². The van der Waals surface area contributed by atoms with Crippen LogP contribution in [0, 0.1) is 17.5 Å². The van der Waals surface area contributed by atoms with Crippen LogP contribution in [0.25, 0.3) is 0 Å². The molecule has 21 heavy (non-hydrogen) atoms. The van der Waals surface area contributed by atoms with Crippen molar-refractivity contribution in [3.05, 3.63) is 70.0 Å². The maximum absolute atomic E-state index is 14.1. The molecule has 1 atom stereocenters. The van der Waals surface area contributed by atoms with Crippen molar-refractivity contribution in [2.24, 2.45) is 0 Å². The van der Waals surface area contributed by atoms with E-state index in [4.69, 9.17) is 11.6 Å². The Hall–Kier alpha value is -1.52. The van der Waals surface area contributed by atoms with Crippen molar-refractivity contribution >= 4 is 11.6 Å². The van der Waals surface area contributed by atoms with Crippen LogP contribution in [-0.2, 0) is 0 Å². The maximum Gasteiger partial charge on any atom is 0.142 e. The summed E-state index contributed by atoms with van der Waals surface area (Å²) in [7, 11) is 0. The summed E-state index contributed by atoms with van der Waals surface area (Å²) in [5.74, 6) is -1.75. The Morgan fingerprint density at radius 2 is 1.86 bits per heavy atom. The fourth-order valence-electron chi connectivity index (χ4n) is 2.14. The predicted octanol–water partition coefficient (Wildman–Crippen LogP) is 4.85. The number of hydrogen-bond donors (Lipinski definition) is 1. The monoisotopic (exact) mass is 313 g/mol. The average molecular weight is 314 g/mol. The Morgan fingerprint density at radius 3 is 2.52 bits per heavy atom. The van der Waals surface area contributed by atoms with Gasteiger partial charge in [0.15, 0.2) is 0 Å². The van der Waals surface area contributed by atoms with E-state index in [2.05, 4.69) is 5.32 Å². The van der Waals surface area contributed by atoms with Gasteiger partial charge in [0.2, 0.25) is 0 Å². The fraction of sp³-hybridized carbons (Fsp3) is 0.250. The van der Waals surface area contributed by atoms with Gasteiger partial charge in [0.05, 0.1) is 11.1 Å². The number of rotatable bonds is 5. The Labute approximate surface area is 126 Å². The van der Waals surface area contributed by atoms with Crippen LogP contribution < -0.4 is 5.32 Å². The molecule has 1 nitrogen and oxygen atoms in total. The quantitative estimate of drug-likeness (QED) is 0.778. The largest absolute Gasteiger partial charge is 0.306 e. The second-order valence-electron chi connectivity index (χ2n) is 4.73. The van der Waals surface area contributed by atoms with Gasteiger partial charge in [-0.1, -0.05) is 30.7 Å². The minimum Gasteiger partial charge on any atom is -0.306 e. The van der Waals surface area contributed by atoms with E-state index in [1.165, 1.54) is 18.2 Å². The molecular formula is C16H15ClF3N. The molecule has 0 saturated carbocycles. The summed E-state index contributed by atoms with van der Waals surface area (Å²) in [6.07, 6.45) is 0.809. The Bertz CT molecular complexity index is 631. The molecule has 0 bridgehead atoms. The smallest absolute Gasteiger partial charge is 0.142 e. The average Bonchev–Trinajstić information content (AvgIpc) is 2.44. The van der Waals surface area contributed by atoms with Crippen LogP contribution >= 0.6 is 11.6 Å². The molecule has 0 aliphatic heterocycles. The molecule has 0 aromatic heterocycles. The van der Waals surface area contributed by atoms with Crippen LogP contribution in [0.1, 0.15) is 30.5 Å². The first-order valence-electron chi connectivity index (χ1n) is 6.66. The second-order valence-corrected chi connectivity index (χ2v) is 5.14. The van der Waals surface area contributed by atoms with Gasteiger partial charge in [-0.25, -0.2) is 13.2 Å². The predicted molar refractivity (Wildman–Crippen MR) is 77.9 cm³/mol. The molecule has 5 heteroatoms. The summed E-state index contributed by atoms with van der Waals surface area (Å²) in [4.78, 5) is 0. The van der Waals surface area contributed by atoms with Crippen molar-refractivity contribution < 1.29 is 13.2 Å². The summed E-state index contributed by atoms with van der Waals surface area (Å²) >= 11 is 5.57. The van der Waals surface area contributed by atoms with Crippen LogP contribution in [0.4, 0.5) is 13.2 Å². The summed E-state index contributed by atoms with van der Waals surface area (Å²) in [5, 5.41) is 2.83. The molecule has 0 aliphatic carbocycles. The lowest BCUT2D eigenvalue weighted by Crippen LogP contribution is -2.24. The fourth-order valence-corrected chi connectivity index (χ4v) is 2.29. The van der Waals surface area contributed by atoms with E-state index in [0.717, 1.165) is 18.6 Å². The molecule has 2 aromatic rings. The van der Waals surface area contributed by atoms with Crippen LogP contribution in [0.15, 0.2) is 36.4 Å². The van der Waals surface area contributed by atoms with Crippen LogP contribution in [0.5, 0.6) is 0 Å². The molecule has 0 heterocycles. The zero-order valence-corrected chi connectivity index (χ0v) is 12.2. The molecule has 0 fully saturated rings. The first-order valence-corrected chi connectivity index (χ1v) is 7.04. The number of hydrogen-bond acceptors (Lipinski definition) is 1. The van der Waals surface area contributed by atoms with Crippen molar-refractivity contribution in [1.29, 1.82) is 0 Å². The van der Waals surface area contributed by atoms with E-state index < -0.39 is 23.5 Å². The van der Waals surface area contributed by atoms with Crippen LogP contribution in [0.3, 0.4) is 0 Å². The summed E-state index contributed by atoms with van der Waals surface area (Å²) in [6.45, 7) is 2.54. The molecule has 2 aromatic carbocycles. The van der Waals surface area contributed by atoms with E-state index in [0.29, 0.717) is 12.1 Å². The van der Waals surface area contributed by atoms with Gasteiger partial charge in [-0.3, -0.25) is 0 Å². The van der Waals surface area contributed by atoms with Gasteiger partial charge >= 0.3 is 0 Å². The maximum atomic E-state index is 14.1. The topological polar surface area (TPSA) is 12.0 Å². The third-order valence-electron chi connectivity index (χ3n) is 3.13. The van der Waals surface area contributed by atoms with E-state index in [1.807, 2.05) is 6.92 Å². The molecule has 0 saturated heterocycles. The summed E-state index contributed by atoms with van der Waals surface area (Å²) in [6, 6.07) is 7.17. The third-order valence-corrected chi connectivity index (χ3v) is 3.42. The Balaban J connectivity index is 2.47. The standard InChI is InChI=1S/C16H15ClF3N/c1-2-6-21-16(10-4-3-5-11(18)7-10)12-8-15(20)13(17)9-14(12)19/h3-5,7-9,16,21H,2,6H2,1H3. The Morgan fingerprint density at radius 1 is 1.10 bits per heavy atom. The lowest BCUT2D eigenvalue weighted by molar-refractivity contribution is 0.532. The number of benzene rings is 2. The second kappa shape index (κ2) is 6.96. The minimum atomic E-state index is -0.701. The SMILES string of the molecule is CCCNC(c1cccc(F)c1)c1cc(F)c(Cl)cc1F. The molecule has 112 valence electrons. The highest BCUT2D eigenvalue weighted by molar-refractivity contribution is 6.30. The number of nitrogens with one attached hydrogen (secondary N) is 1. The first-order chi connectivity index (χ1) is 10.0. The molecule has 1 unspecified atom stereocenters. The van der Waals surface area contributed by atoms with Gasteiger partial charge in [-0.2, -0.15) is 0 Å². The van der Waals surface area contributed by atoms with Crippen molar-refractivity contribution in [2.45, 2.75) is 19.4 Å². The highest BCUT2D eigenvalue weighted by Crippen LogP contribution is 2.28. The van der Waals surface area contributed by atoms with E-state index >= 15 is 0 Å². The molecule has 2 rings (SSSR count).